The topological polar surface area (TPSA) is 76.7 Å². The van der Waals surface area contributed by atoms with Gasteiger partial charge < -0.3 is 9.47 Å². The second-order valence-corrected chi connectivity index (χ2v) is 8.41. The molecule has 0 aliphatic heterocycles. The van der Waals surface area contributed by atoms with Gasteiger partial charge in [0.15, 0.2) is 6.61 Å². The van der Waals surface area contributed by atoms with Crippen LogP contribution in [-0.2, 0) is 10.2 Å². The first-order chi connectivity index (χ1) is 13.7. The molecule has 0 saturated carbocycles. The van der Waals surface area contributed by atoms with Gasteiger partial charge in [0, 0.05) is 5.56 Å². The van der Waals surface area contributed by atoms with Gasteiger partial charge in [0.2, 0.25) is 0 Å². The van der Waals surface area contributed by atoms with E-state index in [-0.39, 0.29) is 12.0 Å². The van der Waals surface area contributed by atoms with Crippen LogP contribution in [0.15, 0.2) is 46.9 Å². The van der Waals surface area contributed by atoms with Crippen LogP contribution in [-0.4, -0.2) is 25.0 Å². The molecule has 0 saturated heterocycles. The summed E-state index contributed by atoms with van der Waals surface area (Å²) >= 11 is 3.47. The van der Waals surface area contributed by atoms with E-state index in [1.165, 1.54) is 0 Å². The molecule has 0 bridgehead atoms. The first-order valence-electron chi connectivity index (χ1n) is 9.45. The molecule has 156 valence electrons. The molecule has 0 aliphatic rings. The fraction of sp³-hybridized carbons (Fsp3) is 0.364. The van der Waals surface area contributed by atoms with E-state index in [0.717, 1.165) is 16.5 Å². The molecule has 6 nitrogen and oxygen atoms in total. The molecular formula is C22H27BrN2O4. The van der Waals surface area contributed by atoms with Crippen LogP contribution < -0.4 is 20.3 Å². The molecule has 2 aromatic carbocycles. The van der Waals surface area contributed by atoms with Crippen LogP contribution in [0.4, 0.5) is 0 Å². The highest BCUT2D eigenvalue weighted by Gasteiger charge is 2.16. The maximum Gasteiger partial charge on any atom is 0.276 e. The third-order valence-corrected chi connectivity index (χ3v) is 4.68. The van der Waals surface area contributed by atoms with E-state index in [4.69, 9.17) is 9.47 Å². The molecule has 0 aliphatic carbocycles. The quantitative estimate of drug-likeness (QED) is 0.598. The Balaban J connectivity index is 1.81. The van der Waals surface area contributed by atoms with Crippen molar-refractivity contribution in [3.8, 4) is 11.5 Å². The van der Waals surface area contributed by atoms with Gasteiger partial charge in [-0.25, -0.2) is 0 Å². The Labute approximate surface area is 180 Å². The summed E-state index contributed by atoms with van der Waals surface area (Å²) < 4.78 is 11.8. The molecule has 29 heavy (non-hydrogen) atoms. The normalized spacial score (nSPS) is 10.9. The predicted molar refractivity (Wildman–Crippen MR) is 116 cm³/mol. The van der Waals surface area contributed by atoms with Crippen molar-refractivity contribution < 1.29 is 19.1 Å². The molecule has 0 heterocycles. The summed E-state index contributed by atoms with van der Waals surface area (Å²) in [6.45, 7) is 8.79. The highest BCUT2D eigenvalue weighted by atomic mass is 79.9. The van der Waals surface area contributed by atoms with Crippen molar-refractivity contribution in [2.45, 2.75) is 39.5 Å². The molecule has 0 fully saturated rings. The van der Waals surface area contributed by atoms with Crippen molar-refractivity contribution in [1.29, 1.82) is 0 Å². The highest BCUT2D eigenvalue weighted by molar-refractivity contribution is 9.10. The molecule has 2 aromatic rings. The molecule has 2 rings (SSSR count). The molecule has 2 amide bonds. The number of rotatable bonds is 7. The summed E-state index contributed by atoms with van der Waals surface area (Å²) in [5.41, 5.74) is 6.30. The van der Waals surface area contributed by atoms with Crippen LogP contribution in [0, 0.1) is 0 Å². The summed E-state index contributed by atoms with van der Waals surface area (Å²) in [5.74, 6) is 0.371. The van der Waals surface area contributed by atoms with Crippen LogP contribution in [0.5, 0.6) is 11.5 Å². The zero-order valence-corrected chi connectivity index (χ0v) is 18.8. The lowest BCUT2D eigenvalue weighted by Crippen LogP contribution is -2.43. The summed E-state index contributed by atoms with van der Waals surface area (Å²) in [5, 5.41) is 0. The van der Waals surface area contributed by atoms with Crippen molar-refractivity contribution in [2.75, 3.05) is 13.2 Å². The molecule has 0 spiro atoms. The van der Waals surface area contributed by atoms with E-state index in [2.05, 4.69) is 47.6 Å². The van der Waals surface area contributed by atoms with Gasteiger partial charge in [0.05, 0.1) is 11.1 Å². The van der Waals surface area contributed by atoms with E-state index < -0.39 is 11.8 Å². The Morgan fingerprint density at radius 2 is 1.69 bits per heavy atom. The minimum Gasteiger partial charge on any atom is -0.494 e. The standard InChI is InChI=1S/C22H27BrN2O4/c1-5-12-28-17-9-6-15(7-10-17)21(27)25-24-20(26)14-29-19-11-8-16(13-18(19)23)22(2,3)4/h6-11,13H,5,12,14H2,1-4H3,(H,24,26)(H,25,27). The van der Waals surface area contributed by atoms with Crippen LogP contribution >= 0.6 is 15.9 Å². The van der Waals surface area contributed by atoms with E-state index in [1.54, 1.807) is 24.3 Å². The minimum atomic E-state index is -0.465. The Morgan fingerprint density at radius 3 is 2.28 bits per heavy atom. The van der Waals surface area contributed by atoms with Crippen molar-refractivity contribution in [3.63, 3.8) is 0 Å². The average molecular weight is 463 g/mol. The van der Waals surface area contributed by atoms with Gasteiger partial charge in [-0.2, -0.15) is 0 Å². The predicted octanol–water partition coefficient (Wildman–Crippen LogP) is 4.38. The van der Waals surface area contributed by atoms with Crippen molar-refractivity contribution in [3.05, 3.63) is 58.1 Å². The minimum absolute atomic E-state index is 0.0169. The first-order valence-corrected chi connectivity index (χ1v) is 10.2. The number of hydrogen-bond donors (Lipinski definition) is 2. The first kappa shape index (κ1) is 22.7. The smallest absolute Gasteiger partial charge is 0.276 e. The van der Waals surface area contributed by atoms with Gasteiger partial charge in [0.25, 0.3) is 11.8 Å². The van der Waals surface area contributed by atoms with Crippen LogP contribution in [0.2, 0.25) is 0 Å². The van der Waals surface area contributed by atoms with E-state index in [9.17, 15) is 9.59 Å². The fourth-order valence-electron chi connectivity index (χ4n) is 2.38. The number of nitrogens with one attached hydrogen (secondary N) is 2. The molecule has 0 radical (unpaired) electrons. The van der Waals surface area contributed by atoms with Gasteiger partial charge >= 0.3 is 0 Å². The lowest BCUT2D eigenvalue weighted by Gasteiger charge is -2.20. The monoisotopic (exact) mass is 462 g/mol. The maximum absolute atomic E-state index is 12.1. The second kappa shape index (κ2) is 10.3. The molecule has 7 heteroatoms. The Kier molecular flexibility index (Phi) is 8.08. The number of halogens is 1. The molecule has 0 atom stereocenters. The Bertz CT molecular complexity index is 845. The van der Waals surface area contributed by atoms with Crippen LogP contribution in [0.3, 0.4) is 0 Å². The average Bonchev–Trinajstić information content (AvgIpc) is 2.69. The zero-order chi connectivity index (χ0) is 21.4. The van der Waals surface area contributed by atoms with Gasteiger partial charge in [-0.05, 0) is 69.7 Å². The summed E-state index contributed by atoms with van der Waals surface area (Å²) in [6, 6.07) is 12.5. The Hall–Kier alpha value is -2.54. The van der Waals surface area contributed by atoms with Gasteiger partial charge in [-0.15, -0.1) is 0 Å². The summed E-state index contributed by atoms with van der Waals surface area (Å²) in [7, 11) is 0. The highest BCUT2D eigenvalue weighted by Crippen LogP contribution is 2.31. The van der Waals surface area contributed by atoms with E-state index in [0.29, 0.717) is 23.7 Å². The van der Waals surface area contributed by atoms with Gasteiger partial charge in [-0.1, -0.05) is 33.8 Å². The van der Waals surface area contributed by atoms with E-state index in [1.807, 2.05) is 25.1 Å². The fourth-order valence-corrected chi connectivity index (χ4v) is 2.88. The number of amides is 2. The third-order valence-electron chi connectivity index (χ3n) is 4.06. The van der Waals surface area contributed by atoms with E-state index >= 15 is 0 Å². The van der Waals surface area contributed by atoms with Gasteiger partial charge in [0.1, 0.15) is 11.5 Å². The lowest BCUT2D eigenvalue weighted by molar-refractivity contribution is -0.123. The molecule has 0 aromatic heterocycles. The van der Waals surface area contributed by atoms with Crippen molar-refractivity contribution in [1.82, 2.24) is 10.9 Å². The van der Waals surface area contributed by atoms with Crippen molar-refractivity contribution in [2.24, 2.45) is 0 Å². The molecular weight excluding hydrogens is 436 g/mol. The number of hydrogen-bond acceptors (Lipinski definition) is 4. The largest absolute Gasteiger partial charge is 0.494 e. The van der Waals surface area contributed by atoms with Gasteiger partial charge in [-0.3, -0.25) is 20.4 Å². The third kappa shape index (κ3) is 7.09. The lowest BCUT2D eigenvalue weighted by atomic mass is 9.87. The number of carbonyl (C=O) groups excluding carboxylic acids is 2. The second-order valence-electron chi connectivity index (χ2n) is 7.56. The summed E-state index contributed by atoms with van der Waals surface area (Å²) in [6.07, 6.45) is 0.910. The maximum atomic E-state index is 12.1. The Morgan fingerprint density at radius 1 is 1.00 bits per heavy atom. The van der Waals surface area contributed by atoms with Crippen molar-refractivity contribution >= 4 is 27.7 Å². The zero-order valence-electron chi connectivity index (χ0n) is 17.2. The molecule has 0 unspecified atom stereocenters. The van der Waals surface area contributed by atoms with Crippen LogP contribution in [0.25, 0.3) is 0 Å². The number of benzene rings is 2. The summed E-state index contributed by atoms with van der Waals surface area (Å²) in [4.78, 5) is 24.1. The van der Waals surface area contributed by atoms with Crippen LogP contribution in [0.1, 0.15) is 50.0 Å². The number of carbonyl (C=O) groups is 2. The SMILES string of the molecule is CCCOc1ccc(C(=O)NNC(=O)COc2ccc(C(C)(C)C)cc2Br)cc1. The molecule has 2 N–H and O–H groups in total. The number of ether oxygens (including phenoxy) is 2. The number of hydrazine groups is 1.